The van der Waals surface area contributed by atoms with Crippen molar-refractivity contribution >= 4 is 0 Å². The van der Waals surface area contributed by atoms with Crippen LogP contribution in [0.15, 0.2) is 76.2 Å². The van der Waals surface area contributed by atoms with E-state index in [0.717, 1.165) is 11.3 Å². The first-order chi connectivity index (χ1) is 15.3. The Kier molecular flexibility index (Phi) is 4.02. The number of ether oxygens (including phenoxy) is 2. The number of hydrogen-bond donors (Lipinski definition) is 0. The molecule has 6 rings (SSSR count). The second kappa shape index (κ2) is 7.13. The van der Waals surface area contributed by atoms with Crippen molar-refractivity contribution < 1.29 is 18.3 Å². The number of rotatable bonds is 4. The molecule has 152 valence electrons. The fraction of sp³-hybridized carbons (Fsp3) is 0.0909. The lowest BCUT2D eigenvalue weighted by Crippen LogP contribution is -2.15. The lowest BCUT2D eigenvalue weighted by Gasteiger charge is -2.18. The van der Waals surface area contributed by atoms with E-state index in [-0.39, 0.29) is 5.89 Å². The first kappa shape index (κ1) is 17.5. The van der Waals surface area contributed by atoms with E-state index in [0.29, 0.717) is 47.6 Å². The molecule has 0 saturated heterocycles. The second-order valence-electron chi connectivity index (χ2n) is 6.81. The van der Waals surface area contributed by atoms with Gasteiger partial charge in [0.1, 0.15) is 13.2 Å². The fourth-order valence-electron chi connectivity index (χ4n) is 3.38. The van der Waals surface area contributed by atoms with Crippen LogP contribution in [0.5, 0.6) is 11.5 Å². The highest BCUT2D eigenvalue weighted by Gasteiger charge is 2.22. The molecule has 0 saturated carbocycles. The lowest BCUT2D eigenvalue weighted by atomic mass is 10.1. The van der Waals surface area contributed by atoms with Gasteiger partial charge in [-0.05, 0) is 30.3 Å². The summed E-state index contributed by atoms with van der Waals surface area (Å²) in [5.41, 5.74) is 2.86. The van der Waals surface area contributed by atoms with Crippen LogP contribution in [0.2, 0.25) is 0 Å². The van der Waals surface area contributed by atoms with Gasteiger partial charge in [0.05, 0.1) is 17.4 Å². The zero-order chi connectivity index (χ0) is 20.6. The van der Waals surface area contributed by atoms with Crippen LogP contribution in [0.3, 0.4) is 0 Å². The SMILES string of the molecule is c1ccc(-n2cc(-c3nnc(-c4ncoc4-c4ccc5c(c4)OCCO5)o3)cn2)cc1. The Morgan fingerprint density at radius 2 is 1.68 bits per heavy atom. The lowest BCUT2D eigenvalue weighted by molar-refractivity contribution is 0.171. The van der Waals surface area contributed by atoms with Crippen molar-refractivity contribution in [3.8, 4) is 51.5 Å². The van der Waals surface area contributed by atoms with Gasteiger partial charge in [-0.2, -0.15) is 5.10 Å². The molecule has 0 radical (unpaired) electrons. The molecule has 1 aliphatic rings. The molecular formula is C22H15N5O4. The van der Waals surface area contributed by atoms with Crippen LogP contribution in [0, 0.1) is 0 Å². The molecule has 0 bridgehead atoms. The topological polar surface area (TPSA) is 101 Å². The maximum atomic E-state index is 5.88. The number of aromatic nitrogens is 5. The summed E-state index contributed by atoms with van der Waals surface area (Å²) in [6.07, 6.45) is 4.85. The van der Waals surface area contributed by atoms with Crippen LogP contribution in [0.25, 0.3) is 40.0 Å². The third-order valence-corrected chi connectivity index (χ3v) is 4.85. The number of para-hydroxylation sites is 1. The largest absolute Gasteiger partial charge is 0.486 e. The monoisotopic (exact) mass is 413 g/mol. The maximum absolute atomic E-state index is 5.88. The summed E-state index contributed by atoms with van der Waals surface area (Å²) in [5.74, 6) is 2.46. The van der Waals surface area contributed by atoms with Gasteiger partial charge in [-0.15, -0.1) is 10.2 Å². The van der Waals surface area contributed by atoms with Crippen LogP contribution in [0.4, 0.5) is 0 Å². The quantitative estimate of drug-likeness (QED) is 0.435. The maximum Gasteiger partial charge on any atom is 0.270 e. The summed E-state index contributed by atoms with van der Waals surface area (Å²) in [7, 11) is 0. The van der Waals surface area contributed by atoms with Gasteiger partial charge in [0.25, 0.3) is 11.8 Å². The van der Waals surface area contributed by atoms with Crippen molar-refractivity contribution in [2.24, 2.45) is 0 Å². The van der Waals surface area contributed by atoms with E-state index in [1.54, 1.807) is 10.9 Å². The molecule has 9 nitrogen and oxygen atoms in total. The summed E-state index contributed by atoms with van der Waals surface area (Å²) < 4.78 is 24.5. The second-order valence-corrected chi connectivity index (χ2v) is 6.81. The minimum absolute atomic E-state index is 0.251. The Labute approximate surface area is 175 Å². The van der Waals surface area contributed by atoms with E-state index in [4.69, 9.17) is 18.3 Å². The fourth-order valence-corrected chi connectivity index (χ4v) is 3.38. The summed E-state index contributed by atoms with van der Waals surface area (Å²) in [5, 5.41) is 12.7. The smallest absolute Gasteiger partial charge is 0.270 e. The molecule has 4 heterocycles. The first-order valence-electron chi connectivity index (χ1n) is 9.63. The first-order valence-corrected chi connectivity index (χ1v) is 9.63. The molecule has 0 N–H and O–H groups in total. The third-order valence-electron chi connectivity index (χ3n) is 4.85. The molecule has 0 aliphatic carbocycles. The molecule has 0 fully saturated rings. The van der Waals surface area contributed by atoms with Crippen molar-refractivity contribution in [2.75, 3.05) is 13.2 Å². The molecule has 0 amide bonds. The van der Waals surface area contributed by atoms with Gasteiger partial charge < -0.3 is 18.3 Å². The van der Waals surface area contributed by atoms with Crippen LogP contribution >= 0.6 is 0 Å². The molecule has 31 heavy (non-hydrogen) atoms. The molecule has 9 heteroatoms. The molecule has 0 spiro atoms. The Morgan fingerprint density at radius 1 is 0.839 bits per heavy atom. The normalized spacial score (nSPS) is 12.8. The molecule has 0 unspecified atom stereocenters. The Balaban J connectivity index is 1.32. The van der Waals surface area contributed by atoms with Crippen LogP contribution in [-0.4, -0.2) is 38.2 Å². The molecule has 2 aromatic carbocycles. The van der Waals surface area contributed by atoms with Crippen molar-refractivity contribution in [1.82, 2.24) is 25.0 Å². The molecule has 1 aliphatic heterocycles. The minimum atomic E-state index is 0.251. The standard InChI is InChI=1S/C22H15N5O4/c1-2-4-16(5-3-1)27-12-15(11-24-27)21-25-26-22(31-21)19-20(30-13-23-19)14-6-7-17-18(10-14)29-9-8-28-17/h1-7,10-13H,8-9H2. The average Bonchev–Trinajstić information content (AvgIpc) is 3.59. The summed E-state index contributed by atoms with van der Waals surface area (Å²) in [6.45, 7) is 1.04. The van der Waals surface area contributed by atoms with Crippen molar-refractivity contribution in [3.63, 3.8) is 0 Å². The van der Waals surface area contributed by atoms with Gasteiger partial charge >= 0.3 is 0 Å². The van der Waals surface area contributed by atoms with Gasteiger partial charge in [0, 0.05) is 11.8 Å². The highest BCUT2D eigenvalue weighted by Crippen LogP contribution is 2.38. The number of benzene rings is 2. The van der Waals surface area contributed by atoms with E-state index < -0.39 is 0 Å². The van der Waals surface area contributed by atoms with Crippen LogP contribution < -0.4 is 9.47 Å². The average molecular weight is 413 g/mol. The van der Waals surface area contributed by atoms with E-state index >= 15 is 0 Å². The van der Waals surface area contributed by atoms with E-state index in [9.17, 15) is 0 Å². The van der Waals surface area contributed by atoms with E-state index in [2.05, 4.69) is 20.3 Å². The van der Waals surface area contributed by atoms with Crippen LogP contribution in [0.1, 0.15) is 0 Å². The van der Waals surface area contributed by atoms with Gasteiger partial charge in [-0.3, -0.25) is 0 Å². The van der Waals surface area contributed by atoms with Gasteiger partial charge in [0.15, 0.2) is 29.3 Å². The molecular weight excluding hydrogens is 398 g/mol. The molecule has 5 aromatic rings. The summed E-state index contributed by atoms with van der Waals surface area (Å²) >= 11 is 0. The van der Waals surface area contributed by atoms with Gasteiger partial charge in [-0.25, -0.2) is 9.67 Å². The third kappa shape index (κ3) is 3.12. The zero-order valence-corrected chi connectivity index (χ0v) is 16.1. The number of hydrogen-bond acceptors (Lipinski definition) is 8. The van der Waals surface area contributed by atoms with Crippen LogP contribution in [-0.2, 0) is 0 Å². The zero-order valence-electron chi connectivity index (χ0n) is 16.1. The predicted octanol–water partition coefficient (Wildman–Crippen LogP) is 4.02. The van der Waals surface area contributed by atoms with E-state index in [1.807, 2.05) is 54.7 Å². The number of nitrogens with zero attached hydrogens (tertiary/aromatic N) is 5. The van der Waals surface area contributed by atoms with Gasteiger partial charge in [0.2, 0.25) is 0 Å². The highest BCUT2D eigenvalue weighted by atomic mass is 16.6. The Morgan fingerprint density at radius 3 is 2.58 bits per heavy atom. The van der Waals surface area contributed by atoms with Crippen molar-refractivity contribution in [3.05, 3.63) is 67.3 Å². The highest BCUT2D eigenvalue weighted by molar-refractivity contribution is 5.74. The summed E-state index contributed by atoms with van der Waals surface area (Å²) in [6, 6.07) is 15.3. The predicted molar refractivity (Wildman–Crippen MR) is 109 cm³/mol. The molecule has 3 aromatic heterocycles. The van der Waals surface area contributed by atoms with E-state index in [1.165, 1.54) is 6.39 Å². The summed E-state index contributed by atoms with van der Waals surface area (Å²) in [4.78, 5) is 4.28. The van der Waals surface area contributed by atoms with Crippen molar-refractivity contribution in [1.29, 1.82) is 0 Å². The van der Waals surface area contributed by atoms with Crippen molar-refractivity contribution in [2.45, 2.75) is 0 Å². The molecule has 0 atom stereocenters. The van der Waals surface area contributed by atoms with Gasteiger partial charge in [-0.1, -0.05) is 18.2 Å². The minimum Gasteiger partial charge on any atom is -0.486 e. The Bertz CT molecular complexity index is 1360. The number of fused-ring (bicyclic) bond motifs is 1. The Hall–Kier alpha value is -4.40. The number of oxazole rings is 1.